The number of aryl methyl sites for hydroxylation is 1. The zero-order chi connectivity index (χ0) is 14.0. The number of amides is 1. The SMILES string of the molecule is Cc1cccc(N2CC(CC(=O)O)NCC2=O)c1C. The number of aliphatic carboxylic acids is 1. The van der Waals surface area contributed by atoms with Crippen LogP contribution in [0, 0.1) is 13.8 Å². The van der Waals surface area contributed by atoms with Crippen molar-refractivity contribution in [2.75, 3.05) is 18.0 Å². The van der Waals surface area contributed by atoms with Crippen LogP contribution in [0.1, 0.15) is 17.5 Å². The second-order valence-corrected chi connectivity index (χ2v) is 4.90. The van der Waals surface area contributed by atoms with E-state index in [0.717, 1.165) is 16.8 Å². The number of piperazine rings is 1. The Labute approximate surface area is 112 Å². The molecule has 1 unspecified atom stereocenters. The van der Waals surface area contributed by atoms with Crippen molar-refractivity contribution in [1.29, 1.82) is 0 Å². The van der Waals surface area contributed by atoms with E-state index in [9.17, 15) is 9.59 Å². The van der Waals surface area contributed by atoms with Crippen molar-refractivity contribution < 1.29 is 14.7 Å². The molecule has 5 heteroatoms. The van der Waals surface area contributed by atoms with E-state index in [-0.39, 0.29) is 24.9 Å². The molecule has 1 heterocycles. The molecule has 1 amide bonds. The zero-order valence-corrected chi connectivity index (χ0v) is 11.1. The Morgan fingerprint density at radius 1 is 1.47 bits per heavy atom. The molecule has 0 radical (unpaired) electrons. The molecule has 1 aromatic rings. The lowest BCUT2D eigenvalue weighted by Gasteiger charge is -2.34. The fraction of sp³-hybridized carbons (Fsp3) is 0.429. The Balaban J connectivity index is 2.23. The lowest BCUT2D eigenvalue weighted by atomic mass is 10.0. The molecule has 0 bridgehead atoms. The molecule has 19 heavy (non-hydrogen) atoms. The van der Waals surface area contributed by atoms with Crippen LogP contribution in [0.25, 0.3) is 0 Å². The lowest BCUT2D eigenvalue weighted by Crippen LogP contribution is -2.55. The highest BCUT2D eigenvalue weighted by atomic mass is 16.4. The van der Waals surface area contributed by atoms with Crippen LogP contribution >= 0.6 is 0 Å². The van der Waals surface area contributed by atoms with Crippen LogP contribution in [0.15, 0.2) is 18.2 Å². The molecule has 1 fully saturated rings. The number of nitrogens with one attached hydrogen (secondary N) is 1. The van der Waals surface area contributed by atoms with Gasteiger partial charge in [-0.15, -0.1) is 0 Å². The molecule has 0 spiro atoms. The van der Waals surface area contributed by atoms with Gasteiger partial charge in [0.15, 0.2) is 0 Å². The maximum absolute atomic E-state index is 12.0. The maximum atomic E-state index is 12.0. The van der Waals surface area contributed by atoms with Gasteiger partial charge >= 0.3 is 5.97 Å². The highest BCUT2D eigenvalue weighted by Crippen LogP contribution is 2.24. The summed E-state index contributed by atoms with van der Waals surface area (Å²) >= 11 is 0. The predicted molar refractivity (Wildman–Crippen MR) is 72.3 cm³/mol. The van der Waals surface area contributed by atoms with Crippen LogP contribution in [0.5, 0.6) is 0 Å². The Hall–Kier alpha value is -1.88. The summed E-state index contributed by atoms with van der Waals surface area (Å²) in [4.78, 5) is 24.5. The molecule has 0 aromatic heterocycles. The van der Waals surface area contributed by atoms with E-state index in [1.165, 1.54) is 0 Å². The van der Waals surface area contributed by atoms with Gasteiger partial charge in [-0.2, -0.15) is 0 Å². The number of carboxylic acid groups (broad SMARTS) is 1. The van der Waals surface area contributed by atoms with Crippen molar-refractivity contribution >= 4 is 17.6 Å². The van der Waals surface area contributed by atoms with Gasteiger partial charge in [-0.3, -0.25) is 9.59 Å². The van der Waals surface area contributed by atoms with Crippen molar-refractivity contribution in [3.63, 3.8) is 0 Å². The Morgan fingerprint density at radius 3 is 2.89 bits per heavy atom. The first-order valence-corrected chi connectivity index (χ1v) is 6.31. The molecular weight excluding hydrogens is 244 g/mol. The van der Waals surface area contributed by atoms with Crippen molar-refractivity contribution in [3.05, 3.63) is 29.3 Å². The largest absolute Gasteiger partial charge is 0.481 e. The van der Waals surface area contributed by atoms with Crippen LogP contribution < -0.4 is 10.2 Å². The van der Waals surface area contributed by atoms with Gasteiger partial charge in [0.2, 0.25) is 5.91 Å². The smallest absolute Gasteiger partial charge is 0.304 e. The van der Waals surface area contributed by atoms with E-state index in [1.807, 2.05) is 32.0 Å². The van der Waals surface area contributed by atoms with Crippen molar-refractivity contribution in [2.45, 2.75) is 26.3 Å². The van der Waals surface area contributed by atoms with Gasteiger partial charge in [-0.05, 0) is 31.0 Å². The van der Waals surface area contributed by atoms with E-state index in [2.05, 4.69) is 5.32 Å². The number of benzene rings is 1. The van der Waals surface area contributed by atoms with E-state index in [0.29, 0.717) is 6.54 Å². The van der Waals surface area contributed by atoms with Gasteiger partial charge in [-0.1, -0.05) is 12.1 Å². The van der Waals surface area contributed by atoms with Gasteiger partial charge in [0.1, 0.15) is 0 Å². The van der Waals surface area contributed by atoms with Gasteiger partial charge in [-0.25, -0.2) is 0 Å². The highest BCUT2D eigenvalue weighted by Gasteiger charge is 2.28. The summed E-state index contributed by atoms with van der Waals surface area (Å²) in [6, 6.07) is 5.62. The summed E-state index contributed by atoms with van der Waals surface area (Å²) in [7, 11) is 0. The zero-order valence-electron chi connectivity index (χ0n) is 11.1. The maximum Gasteiger partial charge on any atom is 0.304 e. The van der Waals surface area contributed by atoms with Gasteiger partial charge in [0, 0.05) is 18.3 Å². The number of hydrogen-bond acceptors (Lipinski definition) is 3. The van der Waals surface area contributed by atoms with Crippen LogP contribution in [0.4, 0.5) is 5.69 Å². The normalized spacial score (nSPS) is 19.6. The molecule has 1 aliphatic heterocycles. The average molecular weight is 262 g/mol. The van der Waals surface area contributed by atoms with Gasteiger partial charge < -0.3 is 15.3 Å². The fourth-order valence-corrected chi connectivity index (χ4v) is 2.32. The molecule has 2 rings (SSSR count). The molecule has 1 saturated heterocycles. The molecule has 1 atom stereocenters. The minimum absolute atomic E-state index is 0.0182. The third-order valence-electron chi connectivity index (χ3n) is 3.53. The number of hydrogen-bond donors (Lipinski definition) is 2. The van der Waals surface area contributed by atoms with Crippen LogP contribution in [0.3, 0.4) is 0 Å². The topological polar surface area (TPSA) is 69.6 Å². The van der Waals surface area contributed by atoms with Crippen LogP contribution in [-0.4, -0.2) is 36.1 Å². The Kier molecular flexibility index (Phi) is 3.85. The average Bonchev–Trinajstić information content (AvgIpc) is 2.35. The summed E-state index contributed by atoms with van der Waals surface area (Å²) in [5, 5.41) is 11.8. The Bertz CT molecular complexity index is 513. The molecular formula is C14H18N2O3. The summed E-state index contributed by atoms with van der Waals surface area (Å²) < 4.78 is 0. The first kappa shape index (κ1) is 13.5. The predicted octanol–water partition coefficient (Wildman–Crippen LogP) is 1.08. The summed E-state index contributed by atoms with van der Waals surface area (Å²) in [5.74, 6) is -0.872. The highest BCUT2D eigenvalue weighted by molar-refractivity contribution is 5.96. The summed E-state index contributed by atoms with van der Waals surface area (Å²) in [6.07, 6.45) is 0.0225. The van der Waals surface area contributed by atoms with Crippen molar-refractivity contribution in [1.82, 2.24) is 5.32 Å². The number of anilines is 1. The molecule has 1 aliphatic rings. The van der Waals surface area contributed by atoms with Gasteiger partial charge in [0.05, 0.1) is 13.0 Å². The standard InChI is InChI=1S/C14H18N2O3/c1-9-4-3-5-12(10(9)2)16-8-11(6-14(18)19)15-7-13(16)17/h3-5,11,15H,6-8H2,1-2H3,(H,18,19). The van der Waals surface area contributed by atoms with Crippen LogP contribution in [-0.2, 0) is 9.59 Å². The fourth-order valence-electron chi connectivity index (χ4n) is 2.32. The summed E-state index contributed by atoms with van der Waals surface area (Å²) in [5.41, 5.74) is 3.06. The van der Waals surface area contributed by atoms with E-state index >= 15 is 0 Å². The van der Waals surface area contributed by atoms with E-state index in [4.69, 9.17) is 5.11 Å². The molecule has 2 N–H and O–H groups in total. The van der Waals surface area contributed by atoms with Crippen LogP contribution in [0.2, 0.25) is 0 Å². The number of carboxylic acids is 1. The monoisotopic (exact) mass is 262 g/mol. The number of rotatable bonds is 3. The first-order chi connectivity index (χ1) is 8.99. The number of nitrogens with zero attached hydrogens (tertiary/aromatic N) is 1. The minimum atomic E-state index is -0.854. The second-order valence-electron chi connectivity index (χ2n) is 4.90. The lowest BCUT2D eigenvalue weighted by molar-refractivity contribution is -0.138. The molecule has 102 valence electrons. The number of carbonyl (C=O) groups is 2. The molecule has 1 aromatic carbocycles. The third kappa shape index (κ3) is 2.93. The molecule has 0 saturated carbocycles. The quantitative estimate of drug-likeness (QED) is 0.855. The molecule has 5 nitrogen and oxygen atoms in total. The van der Waals surface area contributed by atoms with Crippen molar-refractivity contribution in [3.8, 4) is 0 Å². The van der Waals surface area contributed by atoms with E-state index < -0.39 is 5.97 Å². The van der Waals surface area contributed by atoms with Gasteiger partial charge in [0.25, 0.3) is 0 Å². The number of carbonyl (C=O) groups excluding carboxylic acids is 1. The molecule has 0 aliphatic carbocycles. The summed E-state index contributed by atoms with van der Waals surface area (Å²) in [6.45, 7) is 4.56. The Morgan fingerprint density at radius 2 is 2.21 bits per heavy atom. The third-order valence-corrected chi connectivity index (χ3v) is 3.53. The first-order valence-electron chi connectivity index (χ1n) is 6.31. The van der Waals surface area contributed by atoms with Crippen molar-refractivity contribution in [2.24, 2.45) is 0 Å². The van der Waals surface area contributed by atoms with E-state index in [1.54, 1.807) is 4.90 Å². The second kappa shape index (κ2) is 5.40. The minimum Gasteiger partial charge on any atom is -0.481 e.